The lowest BCUT2D eigenvalue weighted by Crippen LogP contribution is -2.00. The predicted octanol–water partition coefficient (Wildman–Crippen LogP) is 2.91. The van der Waals surface area contributed by atoms with Crippen molar-refractivity contribution in [3.8, 4) is 11.1 Å². The number of rotatable bonds is 3. The molecule has 18 heavy (non-hydrogen) atoms. The molecule has 0 saturated carbocycles. The maximum Gasteiger partial charge on any atom is 0.336 e. The van der Waals surface area contributed by atoms with E-state index in [2.05, 4.69) is 4.98 Å². The summed E-state index contributed by atoms with van der Waals surface area (Å²) in [7, 11) is 0. The van der Waals surface area contributed by atoms with Crippen LogP contribution < -0.4 is 0 Å². The van der Waals surface area contributed by atoms with Crippen molar-refractivity contribution in [3.63, 3.8) is 0 Å². The Kier molecular flexibility index (Phi) is 3.39. The van der Waals surface area contributed by atoms with E-state index in [1.165, 1.54) is 12.3 Å². The van der Waals surface area contributed by atoms with Gasteiger partial charge in [0.1, 0.15) is 11.4 Å². The fourth-order valence-electron chi connectivity index (χ4n) is 1.58. The van der Waals surface area contributed by atoms with E-state index in [0.717, 1.165) is 6.29 Å². The van der Waals surface area contributed by atoms with Gasteiger partial charge in [0.2, 0.25) is 0 Å². The van der Waals surface area contributed by atoms with Gasteiger partial charge in [-0.2, -0.15) is 0 Å². The highest BCUT2D eigenvalue weighted by atomic mass is 35.5. The van der Waals surface area contributed by atoms with E-state index in [0.29, 0.717) is 16.7 Å². The molecule has 1 heterocycles. The summed E-state index contributed by atoms with van der Waals surface area (Å²) >= 11 is 5.68. The van der Waals surface area contributed by atoms with Crippen molar-refractivity contribution >= 4 is 23.9 Å². The highest BCUT2D eigenvalue weighted by molar-refractivity contribution is 6.29. The van der Waals surface area contributed by atoms with E-state index < -0.39 is 5.97 Å². The van der Waals surface area contributed by atoms with Gasteiger partial charge in [0.15, 0.2) is 0 Å². The van der Waals surface area contributed by atoms with Gasteiger partial charge in [0.25, 0.3) is 0 Å². The lowest BCUT2D eigenvalue weighted by Gasteiger charge is -2.06. The van der Waals surface area contributed by atoms with E-state index in [1.54, 1.807) is 24.3 Å². The Morgan fingerprint density at radius 1 is 1.28 bits per heavy atom. The van der Waals surface area contributed by atoms with Crippen LogP contribution in [-0.4, -0.2) is 22.3 Å². The maximum atomic E-state index is 11.1. The van der Waals surface area contributed by atoms with Crippen LogP contribution in [-0.2, 0) is 0 Å². The topological polar surface area (TPSA) is 67.3 Å². The number of benzene rings is 1. The molecule has 1 N–H and O–H groups in total. The number of hydrogen-bond donors (Lipinski definition) is 1. The van der Waals surface area contributed by atoms with Gasteiger partial charge < -0.3 is 5.11 Å². The normalized spacial score (nSPS) is 10.1. The number of halogens is 1. The molecule has 2 aromatic rings. The molecule has 0 spiro atoms. The molecule has 0 amide bonds. The number of aromatic nitrogens is 1. The first-order chi connectivity index (χ1) is 8.61. The smallest absolute Gasteiger partial charge is 0.336 e. The maximum absolute atomic E-state index is 11.1. The Hall–Kier alpha value is -2.20. The highest BCUT2D eigenvalue weighted by Gasteiger charge is 2.13. The van der Waals surface area contributed by atoms with Gasteiger partial charge in [-0.1, -0.05) is 35.9 Å². The molecule has 5 heteroatoms. The summed E-state index contributed by atoms with van der Waals surface area (Å²) in [6, 6.07) is 7.86. The summed E-state index contributed by atoms with van der Waals surface area (Å²) in [6.07, 6.45) is 2.13. The standard InChI is InChI=1S/C13H8ClNO3/c14-12-5-10(13(17)18)11(6-15-12)9-3-1-8(7-16)2-4-9/h1-7H,(H,17,18). The van der Waals surface area contributed by atoms with Gasteiger partial charge in [-0.15, -0.1) is 0 Å². The number of carboxylic acids is 1. The number of nitrogens with zero attached hydrogens (tertiary/aromatic N) is 1. The van der Waals surface area contributed by atoms with Gasteiger partial charge in [-0.05, 0) is 11.6 Å². The summed E-state index contributed by atoms with van der Waals surface area (Å²) in [6.45, 7) is 0. The third kappa shape index (κ3) is 2.38. The molecule has 0 fully saturated rings. The molecular weight excluding hydrogens is 254 g/mol. The number of aldehydes is 1. The molecule has 4 nitrogen and oxygen atoms in total. The number of pyridine rings is 1. The van der Waals surface area contributed by atoms with Crippen molar-refractivity contribution in [1.82, 2.24) is 4.98 Å². The first-order valence-electron chi connectivity index (χ1n) is 5.06. The van der Waals surface area contributed by atoms with Crippen LogP contribution in [0.25, 0.3) is 11.1 Å². The molecule has 90 valence electrons. The van der Waals surface area contributed by atoms with Crippen LogP contribution in [0.1, 0.15) is 20.7 Å². The molecule has 1 aromatic carbocycles. The number of carboxylic acid groups (broad SMARTS) is 1. The lowest BCUT2D eigenvalue weighted by atomic mass is 10.0. The minimum Gasteiger partial charge on any atom is -0.478 e. The van der Waals surface area contributed by atoms with Gasteiger partial charge in [0.05, 0.1) is 5.56 Å². The molecule has 0 atom stereocenters. The zero-order chi connectivity index (χ0) is 13.1. The average molecular weight is 262 g/mol. The van der Waals surface area contributed by atoms with Crippen molar-refractivity contribution < 1.29 is 14.7 Å². The van der Waals surface area contributed by atoms with Gasteiger partial charge >= 0.3 is 5.97 Å². The Labute approximate surface area is 108 Å². The lowest BCUT2D eigenvalue weighted by molar-refractivity contribution is 0.0697. The molecule has 0 radical (unpaired) electrons. The molecule has 0 aliphatic carbocycles. The molecule has 1 aromatic heterocycles. The minimum atomic E-state index is -1.08. The summed E-state index contributed by atoms with van der Waals surface area (Å²) in [5, 5.41) is 9.24. The molecule has 0 aliphatic heterocycles. The Morgan fingerprint density at radius 3 is 2.50 bits per heavy atom. The molecule has 2 rings (SSSR count). The van der Waals surface area contributed by atoms with Crippen molar-refractivity contribution in [2.45, 2.75) is 0 Å². The third-order valence-corrected chi connectivity index (χ3v) is 2.67. The second-order valence-corrected chi connectivity index (χ2v) is 3.98. The first kappa shape index (κ1) is 12.3. The second-order valence-electron chi connectivity index (χ2n) is 3.60. The number of aromatic carboxylic acids is 1. The van der Waals surface area contributed by atoms with Crippen LogP contribution in [0.15, 0.2) is 36.5 Å². The van der Waals surface area contributed by atoms with Crippen LogP contribution >= 0.6 is 11.6 Å². The Bertz CT molecular complexity index is 608. The van der Waals surface area contributed by atoms with Crippen LogP contribution in [0.5, 0.6) is 0 Å². The van der Waals surface area contributed by atoms with Crippen LogP contribution in [0, 0.1) is 0 Å². The molecule has 0 aliphatic rings. The number of carbonyl (C=O) groups excluding carboxylic acids is 1. The summed E-state index contributed by atoms with van der Waals surface area (Å²) in [5.41, 5.74) is 1.73. The number of carbonyl (C=O) groups is 2. The van der Waals surface area contributed by atoms with E-state index in [1.807, 2.05) is 0 Å². The van der Waals surface area contributed by atoms with E-state index >= 15 is 0 Å². The Morgan fingerprint density at radius 2 is 1.94 bits per heavy atom. The fourth-order valence-corrected chi connectivity index (χ4v) is 1.74. The second kappa shape index (κ2) is 4.98. The minimum absolute atomic E-state index is 0.0776. The molecule has 0 saturated heterocycles. The van der Waals surface area contributed by atoms with Crippen molar-refractivity contribution in [1.29, 1.82) is 0 Å². The van der Waals surface area contributed by atoms with Crippen molar-refractivity contribution in [2.24, 2.45) is 0 Å². The summed E-state index contributed by atoms with van der Waals surface area (Å²) in [5.74, 6) is -1.08. The van der Waals surface area contributed by atoms with Gasteiger partial charge in [-0.3, -0.25) is 4.79 Å². The quantitative estimate of drug-likeness (QED) is 0.681. The van der Waals surface area contributed by atoms with Crippen molar-refractivity contribution in [2.75, 3.05) is 0 Å². The fraction of sp³-hybridized carbons (Fsp3) is 0. The molecule has 0 unspecified atom stereocenters. The highest BCUT2D eigenvalue weighted by Crippen LogP contribution is 2.25. The zero-order valence-electron chi connectivity index (χ0n) is 9.13. The summed E-state index contributed by atoms with van der Waals surface area (Å²) < 4.78 is 0. The molecular formula is C13H8ClNO3. The van der Waals surface area contributed by atoms with Crippen LogP contribution in [0.3, 0.4) is 0 Å². The van der Waals surface area contributed by atoms with Crippen molar-refractivity contribution in [3.05, 3.63) is 52.8 Å². The zero-order valence-corrected chi connectivity index (χ0v) is 9.89. The largest absolute Gasteiger partial charge is 0.478 e. The average Bonchev–Trinajstić information content (AvgIpc) is 2.39. The molecule has 0 bridgehead atoms. The van der Waals surface area contributed by atoms with E-state index in [-0.39, 0.29) is 10.7 Å². The van der Waals surface area contributed by atoms with Crippen LogP contribution in [0.4, 0.5) is 0 Å². The SMILES string of the molecule is O=Cc1ccc(-c2cnc(Cl)cc2C(=O)O)cc1. The monoisotopic (exact) mass is 261 g/mol. The summed E-state index contributed by atoms with van der Waals surface area (Å²) in [4.78, 5) is 25.6. The van der Waals surface area contributed by atoms with E-state index in [4.69, 9.17) is 16.7 Å². The van der Waals surface area contributed by atoms with E-state index in [9.17, 15) is 9.59 Å². The van der Waals surface area contributed by atoms with Gasteiger partial charge in [-0.25, -0.2) is 9.78 Å². The first-order valence-corrected chi connectivity index (χ1v) is 5.44. The number of hydrogen-bond acceptors (Lipinski definition) is 3. The third-order valence-electron chi connectivity index (χ3n) is 2.46. The van der Waals surface area contributed by atoms with Gasteiger partial charge in [0, 0.05) is 17.3 Å². The van der Waals surface area contributed by atoms with Crippen LogP contribution in [0.2, 0.25) is 5.15 Å². The predicted molar refractivity (Wildman–Crippen MR) is 67.0 cm³/mol. The Balaban J connectivity index is 2.55.